The summed E-state index contributed by atoms with van der Waals surface area (Å²) >= 11 is 5.74. The molecule has 1 saturated heterocycles. The zero-order valence-corrected chi connectivity index (χ0v) is 16.0. The molecule has 2 fully saturated rings. The number of hydrogen-bond acceptors (Lipinski definition) is 2. The Morgan fingerprint density at radius 2 is 1.62 bits per heavy atom. The lowest BCUT2D eigenvalue weighted by molar-refractivity contribution is 0.135. The van der Waals surface area contributed by atoms with Crippen molar-refractivity contribution < 1.29 is 0 Å². The van der Waals surface area contributed by atoms with E-state index in [9.17, 15) is 0 Å². The first-order chi connectivity index (χ1) is 11.7. The SMILES string of the molecule is CCc1cccc(CC)c1NC(=S)N1CCN(C2CCCC2)CC1. The van der Waals surface area contributed by atoms with Gasteiger partial charge < -0.3 is 10.2 Å². The van der Waals surface area contributed by atoms with Crippen molar-refractivity contribution in [3.05, 3.63) is 29.3 Å². The molecule has 132 valence electrons. The molecule has 24 heavy (non-hydrogen) atoms. The van der Waals surface area contributed by atoms with Crippen LogP contribution in [0.2, 0.25) is 0 Å². The lowest BCUT2D eigenvalue weighted by Gasteiger charge is -2.39. The number of hydrogen-bond donors (Lipinski definition) is 1. The molecule has 0 aromatic heterocycles. The molecule has 1 saturated carbocycles. The van der Waals surface area contributed by atoms with Crippen LogP contribution in [0.25, 0.3) is 0 Å². The van der Waals surface area contributed by atoms with Crippen LogP contribution in [0, 0.1) is 0 Å². The van der Waals surface area contributed by atoms with E-state index in [2.05, 4.69) is 47.2 Å². The molecular weight excluding hydrogens is 314 g/mol. The summed E-state index contributed by atoms with van der Waals surface area (Å²) in [5.41, 5.74) is 3.97. The molecule has 1 N–H and O–H groups in total. The van der Waals surface area contributed by atoms with Crippen LogP contribution in [-0.2, 0) is 12.8 Å². The molecule has 3 nitrogen and oxygen atoms in total. The number of nitrogens with zero attached hydrogens (tertiary/aromatic N) is 2. The lowest BCUT2D eigenvalue weighted by Crippen LogP contribution is -2.52. The molecule has 2 aliphatic rings. The van der Waals surface area contributed by atoms with Crippen molar-refractivity contribution in [2.75, 3.05) is 31.5 Å². The van der Waals surface area contributed by atoms with Gasteiger partial charge in [-0.25, -0.2) is 0 Å². The zero-order chi connectivity index (χ0) is 16.9. The second-order valence-corrected chi connectivity index (χ2v) is 7.44. The molecule has 0 spiro atoms. The summed E-state index contributed by atoms with van der Waals surface area (Å²) in [5.74, 6) is 0. The standard InChI is InChI=1S/C20H31N3S/c1-3-16-8-7-9-17(4-2)19(16)21-20(24)23-14-12-22(13-15-23)18-10-5-6-11-18/h7-9,18H,3-6,10-15H2,1-2H3,(H,21,24). The smallest absolute Gasteiger partial charge is 0.173 e. The number of benzene rings is 1. The monoisotopic (exact) mass is 345 g/mol. The summed E-state index contributed by atoms with van der Waals surface area (Å²) in [6.45, 7) is 8.84. The summed E-state index contributed by atoms with van der Waals surface area (Å²) in [6, 6.07) is 7.41. The van der Waals surface area contributed by atoms with Gasteiger partial charge in [0.05, 0.1) is 0 Å². The van der Waals surface area contributed by atoms with Crippen molar-refractivity contribution in [2.24, 2.45) is 0 Å². The van der Waals surface area contributed by atoms with Crippen LogP contribution in [-0.4, -0.2) is 47.1 Å². The van der Waals surface area contributed by atoms with Crippen LogP contribution in [0.3, 0.4) is 0 Å². The molecule has 3 rings (SSSR count). The number of para-hydroxylation sites is 1. The molecule has 1 aliphatic heterocycles. The second-order valence-electron chi connectivity index (χ2n) is 7.05. The van der Waals surface area contributed by atoms with Gasteiger partial charge in [-0.05, 0) is 49.0 Å². The first-order valence-corrected chi connectivity index (χ1v) is 10.0. The molecule has 1 heterocycles. The van der Waals surface area contributed by atoms with Crippen molar-refractivity contribution in [3.8, 4) is 0 Å². The Kier molecular flexibility index (Phi) is 6.12. The molecule has 0 unspecified atom stereocenters. The van der Waals surface area contributed by atoms with E-state index in [1.807, 2.05) is 0 Å². The Bertz CT molecular complexity index is 536. The third-order valence-electron chi connectivity index (χ3n) is 5.67. The topological polar surface area (TPSA) is 18.5 Å². The van der Waals surface area contributed by atoms with Gasteiger partial charge in [-0.3, -0.25) is 4.90 Å². The average molecular weight is 346 g/mol. The van der Waals surface area contributed by atoms with Gasteiger partial charge in [0, 0.05) is 37.9 Å². The third-order valence-corrected chi connectivity index (χ3v) is 6.03. The molecular formula is C20H31N3S. The minimum absolute atomic E-state index is 0.834. The number of anilines is 1. The number of piperazine rings is 1. The van der Waals surface area contributed by atoms with E-state index in [0.29, 0.717) is 0 Å². The van der Waals surface area contributed by atoms with Gasteiger partial charge in [0.1, 0.15) is 0 Å². The molecule has 0 radical (unpaired) electrons. The Morgan fingerprint density at radius 1 is 1.04 bits per heavy atom. The van der Waals surface area contributed by atoms with E-state index in [-0.39, 0.29) is 0 Å². The number of rotatable bonds is 4. The number of thiocarbonyl (C=S) groups is 1. The molecule has 1 aromatic rings. The fourth-order valence-corrected chi connectivity index (χ4v) is 4.43. The molecule has 1 aromatic carbocycles. The Hall–Kier alpha value is -1.13. The van der Waals surface area contributed by atoms with Crippen molar-refractivity contribution >= 4 is 23.0 Å². The van der Waals surface area contributed by atoms with Gasteiger partial charge in [-0.1, -0.05) is 44.9 Å². The highest BCUT2D eigenvalue weighted by molar-refractivity contribution is 7.80. The van der Waals surface area contributed by atoms with Crippen LogP contribution in [0.4, 0.5) is 5.69 Å². The maximum absolute atomic E-state index is 5.74. The van der Waals surface area contributed by atoms with Crippen molar-refractivity contribution in [3.63, 3.8) is 0 Å². The van der Waals surface area contributed by atoms with E-state index in [4.69, 9.17) is 12.2 Å². The van der Waals surface area contributed by atoms with E-state index >= 15 is 0 Å². The molecule has 1 aliphatic carbocycles. The normalized spacial score (nSPS) is 19.7. The van der Waals surface area contributed by atoms with E-state index < -0.39 is 0 Å². The number of nitrogens with one attached hydrogen (secondary N) is 1. The summed E-state index contributed by atoms with van der Waals surface area (Å²) in [5, 5.41) is 4.47. The minimum Gasteiger partial charge on any atom is -0.346 e. The first kappa shape index (κ1) is 17.7. The molecule has 0 amide bonds. The van der Waals surface area contributed by atoms with Crippen molar-refractivity contribution in [1.82, 2.24) is 9.80 Å². The summed E-state index contributed by atoms with van der Waals surface area (Å²) in [7, 11) is 0. The van der Waals surface area contributed by atoms with E-state index in [0.717, 1.165) is 50.2 Å². The summed E-state index contributed by atoms with van der Waals surface area (Å²) < 4.78 is 0. The fourth-order valence-electron chi connectivity index (χ4n) is 4.15. The Labute approximate surface area is 152 Å². The van der Waals surface area contributed by atoms with E-state index in [1.165, 1.54) is 42.5 Å². The lowest BCUT2D eigenvalue weighted by atomic mass is 10.0. The third kappa shape index (κ3) is 3.92. The number of aryl methyl sites for hydroxylation is 2. The highest BCUT2D eigenvalue weighted by atomic mass is 32.1. The van der Waals surface area contributed by atoms with Crippen molar-refractivity contribution in [2.45, 2.75) is 58.4 Å². The quantitative estimate of drug-likeness (QED) is 0.829. The predicted molar refractivity (Wildman–Crippen MR) is 107 cm³/mol. The largest absolute Gasteiger partial charge is 0.346 e. The Balaban J connectivity index is 1.60. The maximum Gasteiger partial charge on any atom is 0.173 e. The summed E-state index contributed by atoms with van der Waals surface area (Å²) in [4.78, 5) is 5.04. The van der Waals surface area contributed by atoms with Gasteiger partial charge in [0.25, 0.3) is 0 Å². The predicted octanol–water partition coefficient (Wildman–Crippen LogP) is 4.07. The van der Waals surface area contributed by atoms with Gasteiger partial charge in [0.2, 0.25) is 0 Å². The maximum atomic E-state index is 5.74. The van der Waals surface area contributed by atoms with Gasteiger partial charge >= 0.3 is 0 Å². The average Bonchev–Trinajstić information content (AvgIpc) is 3.16. The zero-order valence-electron chi connectivity index (χ0n) is 15.2. The minimum atomic E-state index is 0.834. The van der Waals surface area contributed by atoms with Crippen molar-refractivity contribution in [1.29, 1.82) is 0 Å². The van der Waals surface area contributed by atoms with Crippen LogP contribution >= 0.6 is 12.2 Å². The summed E-state index contributed by atoms with van der Waals surface area (Å²) in [6.07, 6.45) is 7.69. The molecule has 0 bridgehead atoms. The second kappa shape index (κ2) is 8.30. The van der Waals surface area contributed by atoms with Gasteiger partial charge in [0.15, 0.2) is 5.11 Å². The Morgan fingerprint density at radius 3 is 2.17 bits per heavy atom. The molecule has 4 heteroatoms. The van der Waals surface area contributed by atoms with Crippen LogP contribution < -0.4 is 5.32 Å². The van der Waals surface area contributed by atoms with Crippen LogP contribution in [0.5, 0.6) is 0 Å². The highest BCUT2D eigenvalue weighted by Gasteiger charge is 2.27. The highest BCUT2D eigenvalue weighted by Crippen LogP contribution is 2.25. The van der Waals surface area contributed by atoms with Gasteiger partial charge in [-0.2, -0.15) is 0 Å². The first-order valence-electron chi connectivity index (χ1n) is 9.63. The van der Waals surface area contributed by atoms with Gasteiger partial charge in [-0.15, -0.1) is 0 Å². The van der Waals surface area contributed by atoms with E-state index in [1.54, 1.807) is 0 Å². The van der Waals surface area contributed by atoms with Crippen LogP contribution in [0.15, 0.2) is 18.2 Å². The fraction of sp³-hybridized carbons (Fsp3) is 0.650. The molecule has 0 atom stereocenters. The van der Waals surface area contributed by atoms with Crippen LogP contribution in [0.1, 0.15) is 50.7 Å².